The molecular formula is C38H46O7Si. The molecule has 2 saturated carbocycles. The minimum absolute atomic E-state index is 0.0119. The van der Waals surface area contributed by atoms with Crippen LogP contribution in [0.2, 0.25) is 19.6 Å². The van der Waals surface area contributed by atoms with Gasteiger partial charge in [0.05, 0.1) is 17.6 Å². The lowest BCUT2D eigenvalue weighted by atomic mass is 9.54. The first kappa shape index (κ1) is 31.7. The Hall–Kier alpha value is -2.88. The number of carbonyl (C=O) groups is 2. The van der Waals surface area contributed by atoms with Crippen molar-refractivity contribution in [2.45, 2.75) is 95.0 Å². The minimum Gasteiger partial charge on any atom is -0.458 e. The second-order valence-corrected chi connectivity index (χ2v) is 19.8. The molecule has 2 heterocycles. The maximum Gasteiger partial charge on any atom is 0.338 e. The minimum atomic E-state index is -2.29. The topological polar surface area (TPSA) is 80.3 Å². The maximum absolute atomic E-state index is 14.6. The average Bonchev–Trinajstić information content (AvgIpc) is 3.31. The number of Topliss-reactive ketones (excluding diaryl/α,β-unsaturated/α-hetero) is 1. The van der Waals surface area contributed by atoms with Crippen molar-refractivity contribution in [3.63, 3.8) is 0 Å². The second kappa shape index (κ2) is 10.8. The van der Waals surface area contributed by atoms with Crippen LogP contribution in [0.15, 0.2) is 84.5 Å². The summed E-state index contributed by atoms with van der Waals surface area (Å²) in [6.45, 7) is 17.2. The van der Waals surface area contributed by atoms with Crippen LogP contribution in [-0.2, 0) is 34.6 Å². The normalized spacial score (nSPS) is 39.3. The molecule has 4 fully saturated rings. The van der Waals surface area contributed by atoms with E-state index < -0.39 is 43.2 Å². The molecule has 2 aromatic carbocycles. The number of ketones is 1. The van der Waals surface area contributed by atoms with Crippen LogP contribution in [0.5, 0.6) is 0 Å². The van der Waals surface area contributed by atoms with Gasteiger partial charge in [0.1, 0.15) is 23.9 Å². The third-order valence-corrected chi connectivity index (χ3v) is 12.0. The number of hydrogen-bond acceptors (Lipinski definition) is 7. The summed E-state index contributed by atoms with van der Waals surface area (Å²) in [6.07, 6.45) is 3.85. The molecule has 8 heteroatoms. The summed E-state index contributed by atoms with van der Waals surface area (Å²) < 4.78 is 34.6. The van der Waals surface area contributed by atoms with E-state index in [0.29, 0.717) is 31.2 Å². The molecule has 244 valence electrons. The zero-order valence-electron chi connectivity index (χ0n) is 27.8. The van der Waals surface area contributed by atoms with Crippen molar-refractivity contribution in [1.82, 2.24) is 0 Å². The van der Waals surface area contributed by atoms with Gasteiger partial charge in [-0.25, -0.2) is 4.79 Å². The molecule has 2 aliphatic heterocycles. The summed E-state index contributed by atoms with van der Waals surface area (Å²) in [5.41, 5.74) is 0.555. The third-order valence-electron chi connectivity index (χ3n) is 11.0. The van der Waals surface area contributed by atoms with Crippen molar-refractivity contribution in [3.05, 3.63) is 95.6 Å². The van der Waals surface area contributed by atoms with Crippen molar-refractivity contribution in [2.24, 2.45) is 23.7 Å². The Morgan fingerprint density at radius 3 is 2.35 bits per heavy atom. The number of ether oxygens (including phenoxy) is 4. The molecule has 7 nitrogen and oxygen atoms in total. The number of carbonyl (C=O) groups excluding carboxylic acids is 2. The summed E-state index contributed by atoms with van der Waals surface area (Å²) in [5.74, 6) is -2.39. The average molecular weight is 643 g/mol. The number of esters is 1. The van der Waals surface area contributed by atoms with E-state index in [-0.39, 0.29) is 36.1 Å². The molecule has 0 unspecified atom stereocenters. The van der Waals surface area contributed by atoms with Crippen molar-refractivity contribution >= 4 is 20.1 Å². The molecule has 0 spiro atoms. The highest BCUT2D eigenvalue weighted by Crippen LogP contribution is 2.69. The fourth-order valence-corrected chi connectivity index (χ4v) is 10.8. The molecule has 3 bridgehead atoms. The lowest BCUT2D eigenvalue weighted by Gasteiger charge is -2.60. The van der Waals surface area contributed by atoms with Gasteiger partial charge in [0.25, 0.3) is 5.97 Å². The summed E-state index contributed by atoms with van der Waals surface area (Å²) in [5, 5.41) is 0. The monoisotopic (exact) mass is 642 g/mol. The van der Waals surface area contributed by atoms with E-state index in [1.807, 2.05) is 50.2 Å². The van der Waals surface area contributed by atoms with E-state index in [1.54, 1.807) is 12.1 Å². The van der Waals surface area contributed by atoms with Gasteiger partial charge in [-0.2, -0.15) is 0 Å². The number of hydrogen-bond donors (Lipinski definition) is 0. The number of benzene rings is 2. The van der Waals surface area contributed by atoms with E-state index in [1.165, 1.54) is 0 Å². The van der Waals surface area contributed by atoms with Crippen molar-refractivity contribution in [1.29, 1.82) is 0 Å². The highest BCUT2D eigenvalue weighted by atomic mass is 28.4. The van der Waals surface area contributed by atoms with Gasteiger partial charge in [0, 0.05) is 24.2 Å². The summed E-state index contributed by atoms with van der Waals surface area (Å²) in [6, 6.07) is 19.1. The molecular weight excluding hydrogens is 596 g/mol. The van der Waals surface area contributed by atoms with Gasteiger partial charge in [-0.05, 0) is 74.2 Å². The van der Waals surface area contributed by atoms with Crippen LogP contribution < -0.4 is 0 Å². The zero-order chi connectivity index (χ0) is 32.7. The largest absolute Gasteiger partial charge is 0.458 e. The van der Waals surface area contributed by atoms with Crippen molar-refractivity contribution < 1.29 is 33.0 Å². The first-order valence-electron chi connectivity index (χ1n) is 16.7. The predicted octanol–water partition coefficient (Wildman–Crippen LogP) is 7.04. The molecule has 7 rings (SSSR count). The molecule has 0 aromatic heterocycles. The van der Waals surface area contributed by atoms with Crippen LogP contribution in [-0.4, -0.2) is 55.6 Å². The Kier molecular flexibility index (Phi) is 7.46. The Bertz CT molecular complexity index is 1580. The molecule has 5 aliphatic rings. The summed E-state index contributed by atoms with van der Waals surface area (Å²) >= 11 is 0. The predicted molar refractivity (Wildman–Crippen MR) is 176 cm³/mol. The van der Waals surface area contributed by atoms with Gasteiger partial charge in [0.15, 0.2) is 14.1 Å². The molecule has 46 heavy (non-hydrogen) atoms. The van der Waals surface area contributed by atoms with Gasteiger partial charge < -0.3 is 23.4 Å². The van der Waals surface area contributed by atoms with Crippen LogP contribution in [0.4, 0.5) is 0 Å². The molecule has 9 atom stereocenters. The van der Waals surface area contributed by atoms with Crippen LogP contribution in [0.1, 0.15) is 56.0 Å². The second-order valence-electron chi connectivity index (χ2n) is 15.3. The van der Waals surface area contributed by atoms with Gasteiger partial charge in [-0.3, -0.25) is 4.79 Å². The van der Waals surface area contributed by atoms with Crippen LogP contribution in [0.25, 0.3) is 0 Å². The van der Waals surface area contributed by atoms with E-state index >= 15 is 0 Å². The quantitative estimate of drug-likeness (QED) is 0.174. The van der Waals surface area contributed by atoms with Crippen LogP contribution in [0.3, 0.4) is 0 Å². The fourth-order valence-electron chi connectivity index (χ4n) is 9.43. The maximum atomic E-state index is 14.6. The lowest BCUT2D eigenvalue weighted by Crippen LogP contribution is -2.71. The summed E-state index contributed by atoms with van der Waals surface area (Å²) in [4.78, 5) is 27.7. The van der Waals surface area contributed by atoms with Gasteiger partial charge >= 0.3 is 5.97 Å². The summed E-state index contributed by atoms with van der Waals surface area (Å²) in [7, 11) is -2.29. The van der Waals surface area contributed by atoms with E-state index in [9.17, 15) is 9.59 Å². The Balaban J connectivity index is 1.39. The molecule has 2 aromatic rings. The number of fused-ring (bicyclic) bond motifs is 2. The van der Waals surface area contributed by atoms with Gasteiger partial charge in [-0.1, -0.05) is 75.0 Å². The van der Waals surface area contributed by atoms with Gasteiger partial charge in [0.2, 0.25) is 0 Å². The molecule has 0 N–H and O–H groups in total. The Morgan fingerprint density at radius 2 is 1.70 bits per heavy atom. The standard InChI is InChI=1S/C38H46O7Si/c1-24(2)35-20-26(4)38-30(33(35)42-37(43-35,44-38)22-27-14-10-8-11-15-27)19-28(23-41-34(40)29-16-12-9-13-17-29)21-36(45-46(5,6)7)31(38)18-25(3)32(36)39/h8-17,19,25-26,30-31,33H,1,18,20-23H2,2-7H3/t25-,26+,30-,31+,33+,35+,36+,37+,38+/m0/s1. The SMILES string of the molecule is C=C(C)[C@]12C[C@@H](C)[C@@]34O[C@](Cc5ccccc5)(O[C@@H]1[C@@H]3C=C(COC(=O)c1ccccc1)C[C@]1(O[Si](C)(C)C)C(=O)[C@@H](C)C[C@@H]41)O2. The number of rotatable bonds is 8. The molecule has 0 radical (unpaired) electrons. The van der Waals surface area contributed by atoms with Crippen LogP contribution in [0, 0.1) is 23.7 Å². The third kappa shape index (κ3) is 4.74. The van der Waals surface area contributed by atoms with E-state index in [4.69, 9.17) is 23.4 Å². The van der Waals surface area contributed by atoms with Crippen molar-refractivity contribution in [2.75, 3.05) is 6.61 Å². The molecule has 2 saturated heterocycles. The Labute approximate surface area is 273 Å². The van der Waals surface area contributed by atoms with E-state index in [0.717, 1.165) is 16.7 Å². The molecule has 0 amide bonds. The highest BCUT2D eigenvalue weighted by molar-refractivity contribution is 6.70. The van der Waals surface area contributed by atoms with Crippen molar-refractivity contribution in [3.8, 4) is 0 Å². The fraction of sp³-hybridized carbons (Fsp3) is 0.526. The first-order valence-corrected chi connectivity index (χ1v) is 20.1. The molecule has 3 aliphatic carbocycles. The zero-order valence-corrected chi connectivity index (χ0v) is 28.8. The first-order chi connectivity index (χ1) is 21.7. The smallest absolute Gasteiger partial charge is 0.338 e. The Morgan fingerprint density at radius 1 is 1.02 bits per heavy atom. The van der Waals surface area contributed by atoms with E-state index in [2.05, 4.69) is 51.4 Å². The highest BCUT2D eigenvalue weighted by Gasteiger charge is 2.80. The van der Waals surface area contributed by atoms with Crippen LogP contribution >= 0.6 is 0 Å². The van der Waals surface area contributed by atoms with Gasteiger partial charge in [-0.15, -0.1) is 0 Å². The lowest BCUT2D eigenvalue weighted by molar-refractivity contribution is -0.424.